The van der Waals surface area contributed by atoms with Crippen molar-refractivity contribution < 1.29 is 21.6 Å². The Bertz CT molecular complexity index is 858. The lowest BCUT2D eigenvalue weighted by atomic mass is 10.1. The van der Waals surface area contributed by atoms with Gasteiger partial charge < -0.3 is 5.32 Å². The number of rotatable bonds is 3. The Morgan fingerprint density at radius 2 is 1.83 bits per heavy atom. The molecule has 1 N–H and O–H groups in total. The first-order valence-electron chi connectivity index (χ1n) is 7.33. The van der Waals surface area contributed by atoms with Crippen LogP contribution in [0.4, 0.5) is 13.2 Å². The normalized spacial score (nSPS) is 19.4. The van der Waals surface area contributed by atoms with Crippen LogP contribution in [0.1, 0.15) is 11.6 Å². The van der Waals surface area contributed by atoms with E-state index in [0.29, 0.717) is 12.1 Å². The van der Waals surface area contributed by atoms with E-state index in [1.54, 1.807) is 6.07 Å². The number of hydrogen-bond donors (Lipinski definition) is 1. The van der Waals surface area contributed by atoms with Crippen molar-refractivity contribution in [2.75, 3.05) is 19.6 Å². The highest BCUT2D eigenvalue weighted by Crippen LogP contribution is 2.30. The van der Waals surface area contributed by atoms with Crippen LogP contribution in [0.15, 0.2) is 47.4 Å². The highest BCUT2D eigenvalue weighted by Gasteiger charge is 2.36. The minimum atomic E-state index is -4.27. The van der Waals surface area contributed by atoms with Crippen LogP contribution in [0.25, 0.3) is 0 Å². The van der Waals surface area contributed by atoms with Gasteiger partial charge in [-0.25, -0.2) is 21.6 Å². The van der Waals surface area contributed by atoms with Crippen LogP contribution in [0.2, 0.25) is 0 Å². The molecule has 1 unspecified atom stereocenters. The van der Waals surface area contributed by atoms with Crippen LogP contribution in [-0.4, -0.2) is 32.4 Å². The molecule has 24 heavy (non-hydrogen) atoms. The molecule has 1 saturated heterocycles. The van der Waals surface area contributed by atoms with E-state index >= 15 is 0 Å². The van der Waals surface area contributed by atoms with Crippen LogP contribution < -0.4 is 5.32 Å². The first-order valence-corrected chi connectivity index (χ1v) is 8.77. The zero-order chi connectivity index (χ0) is 17.3. The molecule has 3 rings (SSSR count). The van der Waals surface area contributed by atoms with Crippen molar-refractivity contribution in [1.29, 1.82) is 0 Å². The molecule has 4 nitrogen and oxygen atoms in total. The average molecular weight is 356 g/mol. The number of hydrogen-bond acceptors (Lipinski definition) is 3. The van der Waals surface area contributed by atoms with E-state index < -0.39 is 38.4 Å². The fourth-order valence-electron chi connectivity index (χ4n) is 2.78. The fraction of sp³-hybridized carbons (Fsp3) is 0.250. The Morgan fingerprint density at radius 3 is 2.58 bits per heavy atom. The average Bonchev–Trinajstić information content (AvgIpc) is 2.57. The topological polar surface area (TPSA) is 49.4 Å². The molecule has 1 fully saturated rings. The minimum absolute atomic E-state index is 0.0689. The molecule has 0 saturated carbocycles. The number of nitrogens with one attached hydrogen (secondary N) is 1. The molecule has 0 aromatic heterocycles. The maximum atomic E-state index is 14.0. The summed E-state index contributed by atoms with van der Waals surface area (Å²) in [6.45, 7) is 0.682. The summed E-state index contributed by atoms with van der Waals surface area (Å²) >= 11 is 0. The van der Waals surface area contributed by atoms with E-state index in [2.05, 4.69) is 5.32 Å². The summed E-state index contributed by atoms with van der Waals surface area (Å²) in [5.74, 6) is -3.13. The van der Waals surface area contributed by atoms with E-state index in [1.165, 1.54) is 18.2 Å². The molecule has 0 aliphatic carbocycles. The highest BCUT2D eigenvalue weighted by atomic mass is 32.2. The standard InChI is InChI=1S/C16H15F3N2O2S/c17-12-4-1-3-11(9-12)14-10-20-7-8-21(14)24(22,23)15-6-2-5-13(18)16(15)19/h1-6,9,14,20H,7-8,10H2. The van der Waals surface area contributed by atoms with E-state index in [-0.39, 0.29) is 13.1 Å². The Labute approximate surface area is 138 Å². The highest BCUT2D eigenvalue weighted by molar-refractivity contribution is 7.89. The van der Waals surface area contributed by atoms with Crippen molar-refractivity contribution in [3.05, 3.63) is 65.5 Å². The summed E-state index contributed by atoms with van der Waals surface area (Å²) in [7, 11) is -4.27. The largest absolute Gasteiger partial charge is 0.313 e. The van der Waals surface area contributed by atoms with Crippen molar-refractivity contribution in [2.24, 2.45) is 0 Å². The summed E-state index contributed by atoms with van der Waals surface area (Å²) < 4.78 is 67.6. The van der Waals surface area contributed by atoms with Crippen molar-refractivity contribution in [3.8, 4) is 0 Å². The molecule has 1 aliphatic heterocycles. The van der Waals surface area contributed by atoms with Gasteiger partial charge in [-0.2, -0.15) is 4.31 Å². The molecule has 128 valence electrons. The molecule has 2 aromatic carbocycles. The number of piperazine rings is 1. The smallest absolute Gasteiger partial charge is 0.246 e. The summed E-state index contributed by atoms with van der Waals surface area (Å²) in [6.07, 6.45) is 0. The monoisotopic (exact) mass is 356 g/mol. The third kappa shape index (κ3) is 3.04. The quantitative estimate of drug-likeness (QED) is 0.919. The van der Waals surface area contributed by atoms with E-state index in [0.717, 1.165) is 22.5 Å². The molecule has 0 bridgehead atoms. The number of halogens is 3. The van der Waals surface area contributed by atoms with Gasteiger partial charge in [0.25, 0.3) is 0 Å². The van der Waals surface area contributed by atoms with Crippen molar-refractivity contribution in [2.45, 2.75) is 10.9 Å². The molecule has 0 amide bonds. The lowest BCUT2D eigenvalue weighted by molar-refractivity contribution is 0.269. The summed E-state index contributed by atoms with van der Waals surface area (Å²) in [5.41, 5.74) is 0.447. The molecule has 0 spiro atoms. The molecule has 1 atom stereocenters. The van der Waals surface area contributed by atoms with Crippen molar-refractivity contribution in [3.63, 3.8) is 0 Å². The SMILES string of the molecule is O=S(=O)(c1cccc(F)c1F)N1CCNCC1c1cccc(F)c1. The van der Waals surface area contributed by atoms with Gasteiger partial charge >= 0.3 is 0 Å². The zero-order valence-corrected chi connectivity index (χ0v) is 13.4. The van der Waals surface area contributed by atoms with Gasteiger partial charge in [-0.05, 0) is 29.8 Å². The molecule has 2 aromatic rings. The maximum Gasteiger partial charge on any atom is 0.246 e. The van der Waals surface area contributed by atoms with E-state index in [9.17, 15) is 21.6 Å². The summed E-state index contributed by atoms with van der Waals surface area (Å²) in [6, 6.07) is 7.90. The van der Waals surface area contributed by atoms with Crippen LogP contribution >= 0.6 is 0 Å². The first kappa shape index (κ1) is 16.9. The molecule has 0 radical (unpaired) electrons. The lowest BCUT2D eigenvalue weighted by Gasteiger charge is -2.35. The van der Waals surface area contributed by atoms with E-state index in [1.807, 2.05) is 0 Å². The second-order valence-corrected chi connectivity index (χ2v) is 7.30. The molecular formula is C16H15F3N2O2S. The van der Waals surface area contributed by atoms with Gasteiger partial charge in [-0.1, -0.05) is 18.2 Å². The first-order chi connectivity index (χ1) is 11.4. The lowest BCUT2D eigenvalue weighted by Crippen LogP contribution is -2.48. The van der Waals surface area contributed by atoms with Gasteiger partial charge in [0.15, 0.2) is 11.6 Å². The second kappa shape index (κ2) is 6.54. The van der Waals surface area contributed by atoms with Crippen LogP contribution in [0.3, 0.4) is 0 Å². The van der Waals surface area contributed by atoms with Crippen LogP contribution in [0.5, 0.6) is 0 Å². The van der Waals surface area contributed by atoms with Crippen LogP contribution in [0, 0.1) is 17.5 Å². The molecule has 1 heterocycles. The Kier molecular flexibility index (Phi) is 4.62. The van der Waals surface area contributed by atoms with Gasteiger partial charge in [0, 0.05) is 19.6 Å². The van der Waals surface area contributed by atoms with Gasteiger partial charge in [0.05, 0.1) is 6.04 Å². The van der Waals surface area contributed by atoms with Crippen LogP contribution in [-0.2, 0) is 10.0 Å². The predicted octanol–water partition coefficient (Wildman–Crippen LogP) is 2.44. The predicted molar refractivity (Wildman–Crippen MR) is 82.3 cm³/mol. The number of benzene rings is 2. The number of sulfonamides is 1. The Morgan fingerprint density at radius 1 is 1.08 bits per heavy atom. The minimum Gasteiger partial charge on any atom is -0.313 e. The van der Waals surface area contributed by atoms with Crippen molar-refractivity contribution >= 4 is 10.0 Å². The van der Waals surface area contributed by atoms with Gasteiger partial charge in [-0.15, -0.1) is 0 Å². The molecule has 1 aliphatic rings. The molecule has 8 heteroatoms. The summed E-state index contributed by atoms with van der Waals surface area (Å²) in [4.78, 5) is -0.717. The van der Waals surface area contributed by atoms with Gasteiger partial charge in [0.2, 0.25) is 10.0 Å². The maximum absolute atomic E-state index is 14.0. The second-order valence-electron chi connectivity index (χ2n) is 5.44. The Balaban J connectivity index is 2.05. The third-order valence-corrected chi connectivity index (χ3v) is 5.86. The third-order valence-electron chi connectivity index (χ3n) is 3.93. The Hall–Kier alpha value is -1.90. The van der Waals surface area contributed by atoms with Crippen molar-refractivity contribution in [1.82, 2.24) is 9.62 Å². The fourth-order valence-corrected chi connectivity index (χ4v) is 4.47. The van der Waals surface area contributed by atoms with E-state index in [4.69, 9.17) is 0 Å². The molecular weight excluding hydrogens is 341 g/mol. The van der Waals surface area contributed by atoms with Gasteiger partial charge in [0.1, 0.15) is 10.7 Å². The van der Waals surface area contributed by atoms with Gasteiger partial charge in [-0.3, -0.25) is 0 Å². The number of nitrogens with zero attached hydrogens (tertiary/aromatic N) is 1. The summed E-state index contributed by atoms with van der Waals surface area (Å²) in [5, 5.41) is 3.04. The zero-order valence-electron chi connectivity index (χ0n) is 12.5.